The summed E-state index contributed by atoms with van der Waals surface area (Å²) in [5, 5.41) is 10.3. The number of carbonyl (C=O) groups is 2. The number of methoxy groups -OCH3 is 1. The fourth-order valence-electron chi connectivity index (χ4n) is 3.97. The van der Waals surface area contributed by atoms with Crippen LogP contribution in [0, 0.1) is 5.82 Å². The van der Waals surface area contributed by atoms with Gasteiger partial charge < -0.3 is 25.8 Å². The molecule has 0 radical (unpaired) electrons. The number of benzene rings is 2. The number of carboxylic acid groups (broad SMARTS) is 1. The molecule has 2 heterocycles. The van der Waals surface area contributed by atoms with E-state index >= 15 is 0 Å². The quantitative estimate of drug-likeness (QED) is 0.302. The number of nitrogens with zero attached hydrogens (tertiary/aromatic N) is 2. The first-order valence-corrected chi connectivity index (χ1v) is 12.8. The van der Waals surface area contributed by atoms with Gasteiger partial charge in [0.05, 0.1) is 28.8 Å². The number of rotatable bonds is 9. The second kappa shape index (κ2) is 12.4. The number of likely N-dealkylation sites (tertiary alicyclic amines) is 1. The van der Waals surface area contributed by atoms with Crippen LogP contribution in [0.15, 0.2) is 47.5 Å². The molecule has 5 N–H and O–H groups in total. The molecule has 1 amide bonds. The lowest BCUT2D eigenvalue weighted by Gasteiger charge is -2.16. The van der Waals surface area contributed by atoms with Crippen LogP contribution in [0.5, 0.6) is 5.75 Å². The predicted octanol–water partition coefficient (Wildman–Crippen LogP) is 2.30. The number of hydrogen-bond acceptors (Lipinski definition) is 8. The van der Waals surface area contributed by atoms with Gasteiger partial charge in [-0.25, -0.2) is 17.5 Å². The first-order chi connectivity index (χ1) is 17.7. The second-order valence-electron chi connectivity index (χ2n) is 8.12. The minimum Gasteiger partial charge on any atom is -0.494 e. The molecule has 0 atom stereocenters. The van der Waals surface area contributed by atoms with E-state index in [9.17, 15) is 17.6 Å². The zero-order valence-corrected chi connectivity index (χ0v) is 20.9. The van der Waals surface area contributed by atoms with Gasteiger partial charge >= 0.3 is 0 Å². The van der Waals surface area contributed by atoms with Crippen molar-refractivity contribution in [1.29, 1.82) is 0 Å². The lowest BCUT2D eigenvalue weighted by Crippen LogP contribution is -2.33. The lowest BCUT2D eigenvalue weighted by molar-refractivity contribution is -0.122. The number of amides is 1. The third-order valence-electron chi connectivity index (χ3n) is 5.75. The summed E-state index contributed by atoms with van der Waals surface area (Å²) in [5.74, 6) is -1.28. The SMILES string of the molecule is COc1cc(Nc2c(C(N)=O)cnc3ccc(S(=O)(=O)NCCN4CCCC4)cc23)ccc1F.O=CO. The van der Waals surface area contributed by atoms with Crippen LogP contribution < -0.4 is 20.5 Å². The Balaban J connectivity index is 0.00000121. The van der Waals surface area contributed by atoms with E-state index in [4.69, 9.17) is 20.4 Å². The van der Waals surface area contributed by atoms with Gasteiger partial charge in [-0.15, -0.1) is 0 Å². The maximum absolute atomic E-state index is 13.8. The molecule has 1 aliphatic rings. The van der Waals surface area contributed by atoms with Crippen LogP contribution in [-0.4, -0.2) is 69.1 Å². The summed E-state index contributed by atoms with van der Waals surface area (Å²) in [5.41, 5.74) is 6.75. The van der Waals surface area contributed by atoms with E-state index < -0.39 is 21.7 Å². The standard InChI is InChI=1S/C23H26FN5O4S.CH2O2/c1-33-21-12-15(4-6-19(21)24)28-22-17-13-16(5-7-20(17)26-14-18(22)23(25)30)34(31,32)27-8-11-29-9-2-3-10-29;2-1-3/h4-7,12-14,27H,2-3,8-11H2,1H3,(H2,25,30)(H,26,28);1H,(H,2,3). The number of ether oxygens (including phenoxy) is 1. The summed E-state index contributed by atoms with van der Waals surface area (Å²) in [6, 6.07) is 8.57. The molecule has 1 saturated heterocycles. The summed E-state index contributed by atoms with van der Waals surface area (Å²) in [6.45, 7) is 2.63. The summed E-state index contributed by atoms with van der Waals surface area (Å²) in [4.78, 5) is 27.0. The van der Waals surface area contributed by atoms with Gasteiger partial charge in [-0.1, -0.05) is 0 Å². The first-order valence-electron chi connectivity index (χ1n) is 11.3. The van der Waals surface area contributed by atoms with Gasteiger partial charge in [0, 0.05) is 36.4 Å². The van der Waals surface area contributed by atoms with Crippen molar-refractivity contribution in [3.05, 3.63) is 54.0 Å². The van der Waals surface area contributed by atoms with E-state index in [1.54, 1.807) is 6.07 Å². The van der Waals surface area contributed by atoms with Crippen LogP contribution in [0.4, 0.5) is 15.8 Å². The van der Waals surface area contributed by atoms with Gasteiger partial charge in [-0.05, 0) is 56.3 Å². The van der Waals surface area contributed by atoms with E-state index in [0.29, 0.717) is 29.7 Å². The number of anilines is 2. The van der Waals surface area contributed by atoms with Crippen molar-refractivity contribution in [1.82, 2.24) is 14.6 Å². The van der Waals surface area contributed by atoms with Crippen LogP contribution in [0.2, 0.25) is 0 Å². The van der Waals surface area contributed by atoms with Crippen molar-refractivity contribution in [2.24, 2.45) is 5.73 Å². The number of sulfonamides is 1. The van der Waals surface area contributed by atoms with Crippen LogP contribution in [-0.2, 0) is 14.8 Å². The summed E-state index contributed by atoms with van der Waals surface area (Å²) in [6.07, 6.45) is 3.57. The van der Waals surface area contributed by atoms with E-state index in [2.05, 4.69) is 19.9 Å². The highest BCUT2D eigenvalue weighted by Gasteiger charge is 2.20. The second-order valence-corrected chi connectivity index (χ2v) is 9.88. The smallest absolute Gasteiger partial charge is 0.290 e. The Morgan fingerprint density at radius 2 is 1.95 bits per heavy atom. The van der Waals surface area contributed by atoms with Gasteiger partial charge in [-0.3, -0.25) is 14.6 Å². The van der Waals surface area contributed by atoms with E-state index in [1.807, 2.05) is 0 Å². The maximum Gasteiger partial charge on any atom is 0.290 e. The number of fused-ring (bicyclic) bond motifs is 1. The third-order valence-corrected chi connectivity index (χ3v) is 7.21. The molecule has 0 unspecified atom stereocenters. The van der Waals surface area contributed by atoms with Crippen molar-refractivity contribution in [3.63, 3.8) is 0 Å². The fourth-order valence-corrected chi connectivity index (χ4v) is 5.02. The van der Waals surface area contributed by atoms with Crippen LogP contribution in [0.1, 0.15) is 23.2 Å². The molecule has 37 heavy (non-hydrogen) atoms. The molecule has 4 rings (SSSR count). The van der Waals surface area contributed by atoms with Gasteiger partial charge in [-0.2, -0.15) is 0 Å². The molecule has 1 aromatic heterocycles. The molecule has 3 aromatic rings. The average molecular weight is 534 g/mol. The molecule has 0 spiro atoms. The maximum atomic E-state index is 13.8. The molecule has 0 bridgehead atoms. The Morgan fingerprint density at radius 1 is 1.24 bits per heavy atom. The van der Waals surface area contributed by atoms with Crippen LogP contribution in [0.3, 0.4) is 0 Å². The molecule has 11 nitrogen and oxygen atoms in total. The lowest BCUT2D eigenvalue weighted by atomic mass is 10.1. The fraction of sp³-hybridized carbons (Fsp3) is 0.292. The highest BCUT2D eigenvalue weighted by molar-refractivity contribution is 7.89. The Bertz CT molecular complexity index is 1380. The molecule has 0 saturated carbocycles. The van der Waals surface area contributed by atoms with Crippen LogP contribution >= 0.6 is 0 Å². The number of hydrogen-bond donors (Lipinski definition) is 4. The number of halogens is 1. The monoisotopic (exact) mass is 533 g/mol. The summed E-state index contributed by atoms with van der Waals surface area (Å²) >= 11 is 0. The molecule has 1 aliphatic heterocycles. The molecule has 2 aromatic carbocycles. The molecule has 198 valence electrons. The third kappa shape index (κ3) is 6.90. The molecular formula is C24H28FN5O6S. The van der Waals surface area contributed by atoms with Gasteiger partial charge in [0.2, 0.25) is 10.0 Å². The van der Waals surface area contributed by atoms with Crippen LogP contribution in [0.25, 0.3) is 10.9 Å². The van der Waals surface area contributed by atoms with E-state index in [0.717, 1.165) is 25.9 Å². The summed E-state index contributed by atoms with van der Waals surface area (Å²) in [7, 11) is -2.46. The Kier molecular flexibility index (Phi) is 9.33. The van der Waals surface area contributed by atoms with Crippen molar-refractivity contribution < 1.29 is 32.2 Å². The number of pyridine rings is 1. The Labute approximate surface area is 213 Å². The molecular weight excluding hydrogens is 505 g/mol. The van der Waals surface area contributed by atoms with Crippen molar-refractivity contribution >= 4 is 44.7 Å². The topological polar surface area (TPSA) is 164 Å². The molecule has 13 heteroatoms. The molecule has 1 fully saturated rings. The number of aromatic nitrogens is 1. The number of nitrogens with one attached hydrogen (secondary N) is 2. The van der Waals surface area contributed by atoms with Crippen molar-refractivity contribution in [2.75, 3.05) is 38.6 Å². The van der Waals surface area contributed by atoms with Crippen molar-refractivity contribution in [3.8, 4) is 5.75 Å². The van der Waals surface area contributed by atoms with Gasteiger partial charge in [0.1, 0.15) is 0 Å². The van der Waals surface area contributed by atoms with E-state index in [1.165, 1.54) is 43.6 Å². The minimum atomic E-state index is -3.80. The highest BCUT2D eigenvalue weighted by Crippen LogP contribution is 2.32. The number of carbonyl (C=O) groups excluding carboxylic acids is 1. The van der Waals surface area contributed by atoms with Crippen molar-refractivity contribution in [2.45, 2.75) is 17.7 Å². The van der Waals surface area contributed by atoms with Gasteiger partial charge in [0.15, 0.2) is 11.6 Å². The number of nitrogens with two attached hydrogens (primary N) is 1. The highest BCUT2D eigenvalue weighted by atomic mass is 32.2. The Hall–Kier alpha value is -3.81. The predicted molar refractivity (Wildman–Crippen MR) is 136 cm³/mol. The van der Waals surface area contributed by atoms with Gasteiger partial charge in [0.25, 0.3) is 12.4 Å². The zero-order chi connectivity index (χ0) is 27.0. The largest absolute Gasteiger partial charge is 0.494 e. The Morgan fingerprint density at radius 3 is 2.59 bits per heavy atom. The number of primary amides is 1. The molecule has 0 aliphatic carbocycles. The normalized spacial score (nSPS) is 13.6. The zero-order valence-electron chi connectivity index (χ0n) is 20.1. The van der Waals surface area contributed by atoms with E-state index in [-0.39, 0.29) is 28.4 Å². The average Bonchev–Trinajstić information content (AvgIpc) is 3.38. The summed E-state index contributed by atoms with van der Waals surface area (Å²) < 4.78 is 47.4. The minimum absolute atomic E-state index is 0.00876. The first kappa shape index (κ1) is 27.8.